The molecule has 7 heteroatoms. The van der Waals surface area contributed by atoms with E-state index in [0.29, 0.717) is 27.4 Å². The first-order chi connectivity index (χ1) is 9.19. The molecule has 0 aliphatic heterocycles. The van der Waals surface area contributed by atoms with Gasteiger partial charge in [-0.1, -0.05) is 18.5 Å². The van der Waals surface area contributed by atoms with Crippen molar-refractivity contribution in [3.05, 3.63) is 35.6 Å². The minimum Gasteiger partial charge on any atom is -0.436 e. The fourth-order valence-corrected chi connectivity index (χ4v) is 2.44. The Bertz CT molecular complexity index is 577. The maximum Gasteiger partial charge on any atom is 0.238 e. The molecule has 0 bridgehead atoms. The number of hydrogen-bond donors (Lipinski definition) is 0. The van der Waals surface area contributed by atoms with Gasteiger partial charge in [0.05, 0.1) is 22.0 Å². The molecule has 1 atom stereocenters. The molecular formula is C12H12ClN3O2S. The molecule has 2 aromatic rings. The second-order valence-electron chi connectivity index (χ2n) is 3.70. The lowest BCUT2D eigenvalue weighted by Gasteiger charge is -2.04. The highest BCUT2D eigenvalue weighted by Gasteiger charge is 2.06. The SMILES string of the molecule is CCCS(=O)c1ccc(Oc2cncc(Cl)c2)nn1. The highest BCUT2D eigenvalue weighted by atomic mass is 35.5. The zero-order chi connectivity index (χ0) is 13.7. The Morgan fingerprint density at radius 3 is 2.79 bits per heavy atom. The van der Waals surface area contributed by atoms with Gasteiger partial charge in [0.15, 0.2) is 0 Å². The molecular weight excluding hydrogens is 286 g/mol. The predicted octanol–water partition coefficient (Wildman–Crippen LogP) is 2.83. The van der Waals surface area contributed by atoms with Crippen LogP contribution in [-0.4, -0.2) is 25.1 Å². The van der Waals surface area contributed by atoms with E-state index < -0.39 is 10.8 Å². The highest BCUT2D eigenvalue weighted by Crippen LogP contribution is 2.21. The van der Waals surface area contributed by atoms with E-state index in [0.717, 1.165) is 6.42 Å². The van der Waals surface area contributed by atoms with Crippen LogP contribution in [0.15, 0.2) is 35.6 Å². The van der Waals surface area contributed by atoms with Gasteiger partial charge in [-0.05, 0) is 12.5 Å². The van der Waals surface area contributed by atoms with Crippen molar-refractivity contribution < 1.29 is 8.95 Å². The van der Waals surface area contributed by atoms with Gasteiger partial charge in [0.25, 0.3) is 0 Å². The van der Waals surface area contributed by atoms with Crippen LogP contribution in [0.3, 0.4) is 0 Å². The Kier molecular flexibility index (Phi) is 4.81. The van der Waals surface area contributed by atoms with E-state index in [1.165, 1.54) is 12.4 Å². The maximum absolute atomic E-state index is 11.7. The van der Waals surface area contributed by atoms with Crippen LogP contribution in [0, 0.1) is 0 Å². The maximum atomic E-state index is 11.7. The van der Waals surface area contributed by atoms with Crippen molar-refractivity contribution >= 4 is 22.4 Å². The molecule has 0 aliphatic rings. The van der Waals surface area contributed by atoms with Gasteiger partial charge in [0.2, 0.25) is 5.88 Å². The number of aromatic nitrogens is 3. The van der Waals surface area contributed by atoms with Crippen molar-refractivity contribution in [2.45, 2.75) is 18.4 Å². The van der Waals surface area contributed by atoms with Gasteiger partial charge in [-0.15, -0.1) is 10.2 Å². The smallest absolute Gasteiger partial charge is 0.238 e. The molecule has 0 N–H and O–H groups in total. The molecule has 2 heterocycles. The molecule has 0 fully saturated rings. The molecule has 0 aliphatic carbocycles. The molecule has 0 saturated heterocycles. The molecule has 100 valence electrons. The molecule has 0 saturated carbocycles. The summed E-state index contributed by atoms with van der Waals surface area (Å²) in [5.41, 5.74) is 0. The number of halogens is 1. The average Bonchev–Trinajstić information content (AvgIpc) is 2.40. The molecule has 2 aromatic heterocycles. The van der Waals surface area contributed by atoms with Crippen LogP contribution >= 0.6 is 11.6 Å². The summed E-state index contributed by atoms with van der Waals surface area (Å²) in [4.78, 5) is 3.90. The van der Waals surface area contributed by atoms with E-state index in [1.807, 2.05) is 6.92 Å². The van der Waals surface area contributed by atoms with Crippen LogP contribution in [0.1, 0.15) is 13.3 Å². The van der Waals surface area contributed by atoms with Gasteiger partial charge >= 0.3 is 0 Å². The van der Waals surface area contributed by atoms with E-state index >= 15 is 0 Å². The van der Waals surface area contributed by atoms with Gasteiger partial charge in [0.1, 0.15) is 10.8 Å². The summed E-state index contributed by atoms with van der Waals surface area (Å²) in [6.45, 7) is 1.97. The molecule has 2 rings (SSSR count). The summed E-state index contributed by atoms with van der Waals surface area (Å²) in [7, 11) is -1.10. The Morgan fingerprint density at radius 1 is 1.32 bits per heavy atom. The van der Waals surface area contributed by atoms with Crippen molar-refractivity contribution in [1.82, 2.24) is 15.2 Å². The van der Waals surface area contributed by atoms with E-state index in [-0.39, 0.29) is 0 Å². The van der Waals surface area contributed by atoms with Gasteiger partial charge < -0.3 is 4.74 Å². The molecule has 0 spiro atoms. The first-order valence-corrected chi connectivity index (χ1v) is 7.39. The number of rotatable bonds is 5. The third-order valence-corrected chi connectivity index (χ3v) is 3.81. The fraction of sp³-hybridized carbons (Fsp3) is 0.250. The summed E-state index contributed by atoms with van der Waals surface area (Å²) in [6, 6.07) is 4.89. The number of ether oxygens (including phenoxy) is 1. The van der Waals surface area contributed by atoms with Crippen molar-refractivity contribution in [2.24, 2.45) is 0 Å². The molecule has 0 aromatic carbocycles. The Labute approximate surface area is 118 Å². The molecule has 0 amide bonds. The van der Waals surface area contributed by atoms with Crippen LogP contribution in [-0.2, 0) is 10.8 Å². The van der Waals surface area contributed by atoms with Crippen LogP contribution in [0.2, 0.25) is 5.02 Å². The third-order valence-electron chi connectivity index (χ3n) is 2.14. The molecule has 19 heavy (non-hydrogen) atoms. The van der Waals surface area contributed by atoms with Gasteiger partial charge in [-0.2, -0.15) is 0 Å². The Balaban J connectivity index is 2.08. The highest BCUT2D eigenvalue weighted by molar-refractivity contribution is 7.84. The van der Waals surface area contributed by atoms with E-state index in [4.69, 9.17) is 16.3 Å². The van der Waals surface area contributed by atoms with Crippen molar-refractivity contribution in [2.75, 3.05) is 5.75 Å². The standard InChI is InChI=1S/C12H12ClN3O2S/c1-2-5-19(17)12-4-3-11(15-16-12)18-10-6-9(13)7-14-8-10/h3-4,6-8H,2,5H2,1H3. The second kappa shape index (κ2) is 6.58. The van der Waals surface area contributed by atoms with Crippen LogP contribution in [0.4, 0.5) is 0 Å². The summed E-state index contributed by atoms with van der Waals surface area (Å²) < 4.78 is 17.1. The quantitative estimate of drug-likeness (QED) is 0.849. The minimum atomic E-state index is -1.10. The van der Waals surface area contributed by atoms with Gasteiger partial charge in [-0.3, -0.25) is 9.19 Å². The molecule has 0 radical (unpaired) electrons. The number of nitrogens with zero attached hydrogens (tertiary/aromatic N) is 3. The number of pyridine rings is 1. The summed E-state index contributed by atoms with van der Waals surface area (Å²) >= 11 is 5.79. The minimum absolute atomic E-state index is 0.307. The Hall–Kier alpha value is -1.53. The predicted molar refractivity (Wildman–Crippen MR) is 72.9 cm³/mol. The van der Waals surface area contributed by atoms with Crippen LogP contribution in [0.5, 0.6) is 11.6 Å². The molecule has 1 unspecified atom stereocenters. The zero-order valence-electron chi connectivity index (χ0n) is 10.2. The van der Waals surface area contributed by atoms with Crippen LogP contribution in [0.25, 0.3) is 0 Å². The lowest BCUT2D eigenvalue weighted by Crippen LogP contribution is -2.01. The zero-order valence-corrected chi connectivity index (χ0v) is 11.8. The lowest BCUT2D eigenvalue weighted by molar-refractivity contribution is 0.450. The van der Waals surface area contributed by atoms with Gasteiger partial charge in [-0.25, -0.2) is 0 Å². The van der Waals surface area contributed by atoms with E-state index in [9.17, 15) is 4.21 Å². The topological polar surface area (TPSA) is 65.0 Å². The summed E-state index contributed by atoms with van der Waals surface area (Å²) in [5.74, 6) is 1.36. The first kappa shape index (κ1) is 13.9. The van der Waals surface area contributed by atoms with Crippen molar-refractivity contribution in [1.29, 1.82) is 0 Å². The lowest BCUT2D eigenvalue weighted by atomic mass is 10.4. The summed E-state index contributed by atoms with van der Waals surface area (Å²) in [6.07, 6.45) is 3.87. The van der Waals surface area contributed by atoms with Crippen LogP contribution < -0.4 is 4.74 Å². The largest absolute Gasteiger partial charge is 0.436 e. The molecule has 5 nitrogen and oxygen atoms in total. The first-order valence-electron chi connectivity index (χ1n) is 5.69. The normalized spacial score (nSPS) is 12.1. The monoisotopic (exact) mass is 297 g/mol. The van der Waals surface area contributed by atoms with Crippen molar-refractivity contribution in [3.63, 3.8) is 0 Å². The average molecular weight is 298 g/mol. The Morgan fingerprint density at radius 2 is 2.16 bits per heavy atom. The fourth-order valence-electron chi connectivity index (χ4n) is 1.34. The number of hydrogen-bond acceptors (Lipinski definition) is 5. The van der Waals surface area contributed by atoms with Gasteiger partial charge in [0, 0.05) is 24.1 Å². The van der Waals surface area contributed by atoms with E-state index in [2.05, 4.69) is 15.2 Å². The third kappa shape index (κ3) is 3.97. The van der Waals surface area contributed by atoms with Crippen molar-refractivity contribution in [3.8, 4) is 11.6 Å². The summed E-state index contributed by atoms with van der Waals surface area (Å²) in [5, 5.41) is 8.69. The second-order valence-corrected chi connectivity index (χ2v) is 5.65. The van der Waals surface area contributed by atoms with E-state index in [1.54, 1.807) is 18.2 Å².